The van der Waals surface area contributed by atoms with Crippen molar-refractivity contribution in [1.29, 1.82) is 0 Å². The van der Waals surface area contributed by atoms with E-state index in [1.165, 1.54) is 0 Å². The molecule has 0 spiro atoms. The highest BCUT2D eigenvalue weighted by Gasteiger charge is 2.14. The molecule has 2 rings (SSSR count). The monoisotopic (exact) mass is 338 g/mol. The second-order valence-corrected chi connectivity index (χ2v) is 5.42. The first-order valence-electron chi connectivity index (χ1n) is 5.67. The zero-order valence-electron chi connectivity index (χ0n) is 10.5. The second-order valence-electron chi connectivity index (χ2n) is 4.16. The van der Waals surface area contributed by atoms with Gasteiger partial charge in [-0.05, 0) is 58.7 Å². The maximum atomic E-state index is 12.4. The van der Waals surface area contributed by atoms with Crippen LogP contribution in [0.1, 0.15) is 21.5 Å². The quantitative estimate of drug-likeness (QED) is 0.761. The highest BCUT2D eigenvalue weighted by atomic mass is 79.9. The molecule has 0 saturated carbocycles. The summed E-state index contributed by atoms with van der Waals surface area (Å²) in [6, 6.07) is 10.6. The molecular formula is C15H12BrClO2. The average molecular weight is 340 g/mol. The molecule has 2 nitrogen and oxygen atoms in total. The maximum Gasteiger partial charge on any atom is 0.194 e. The smallest absolute Gasteiger partial charge is 0.194 e. The van der Waals surface area contributed by atoms with Crippen LogP contribution in [0.3, 0.4) is 0 Å². The highest BCUT2D eigenvalue weighted by Crippen LogP contribution is 2.28. The van der Waals surface area contributed by atoms with Crippen LogP contribution in [0.4, 0.5) is 0 Å². The molecule has 0 heterocycles. The molecule has 2 aromatic rings. The zero-order valence-corrected chi connectivity index (χ0v) is 12.9. The Morgan fingerprint density at radius 3 is 2.53 bits per heavy atom. The van der Waals surface area contributed by atoms with Gasteiger partial charge in [0.05, 0.1) is 16.6 Å². The minimum atomic E-state index is -0.103. The summed E-state index contributed by atoms with van der Waals surface area (Å²) in [5, 5.41) is 0.469. The molecule has 0 aliphatic carbocycles. The molecule has 0 unspecified atom stereocenters. The van der Waals surface area contributed by atoms with Crippen molar-refractivity contribution in [1.82, 2.24) is 0 Å². The van der Waals surface area contributed by atoms with E-state index in [0.717, 1.165) is 10.0 Å². The Morgan fingerprint density at radius 2 is 1.95 bits per heavy atom. The van der Waals surface area contributed by atoms with Crippen molar-refractivity contribution in [3.05, 3.63) is 62.6 Å². The lowest BCUT2D eigenvalue weighted by Gasteiger charge is -2.07. The fraction of sp³-hybridized carbons (Fsp3) is 0.133. The van der Waals surface area contributed by atoms with E-state index in [1.807, 2.05) is 13.0 Å². The summed E-state index contributed by atoms with van der Waals surface area (Å²) in [6.07, 6.45) is 0. The standard InChI is InChI=1S/C15H12BrClO2/c1-9-3-5-11(13(17)7-9)15(18)10-4-6-14(19-2)12(16)8-10/h3-8H,1-2H3. The van der Waals surface area contributed by atoms with Crippen LogP contribution < -0.4 is 4.74 Å². The molecule has 0 atom stereocenters. The minimum absolute atomic E-state index is 0.103. The van der Waals surface area contributed by atoms with Crippen LogP contribution in [0.15, 0.2) is 40.9 Å². The van der Waals surface area contributed by atoms with E-state index in [2.05, 4.69) is 15.9 Å². The number of hydrogen-bond acceptors (Lipinski definition) is 2. The summed E-state index contributed by atoms with van der Waals surface area (Å²) in [7, 11) is 1.58. The molecule has 2 aromatic carbocycles. The van der Waals surface area contributed by atoms with E-state index in [0.29, 0.717) is 21.9 Å². The number of aryl methyl sites for hydroxylation is 1. The molecule has 19 heavy (non-hydrogen) atoms. The first-order valence-corrected chi connectivity index (χ1v) is 6.84. The topological polar surface area (TPSA) is 26.3 Å². The molecule has 0 aliphatic heterocycles. The Bertz CT molecular complexity index is 638. The fourth-order valence-corrected chi connectivity index (χ4v) is 2.63. The molecule has 0 fully saturated rings. The van der Waals surface area contributed by atoms with Crippen LogP contribution in [-0.2, 0) is 0 Å². The lowest BCUT2D eigenvalue weighted by Crippen LogP contribution is -2.02. The van der Waals surface area contributed by atoms with E-state index >= 15 is 0 Å². The average Bonchev–Trinajstić information content (AvgIpc) is 2.38. The van der Waals surface area contributed by atoms with Crippen LogP contribution in [-0.4, -0.2) is 12.9 Å². The van der Waals surface area contributed by atoms with Gasteiger partial charge >= 0.3 is 0 Å². The first-order chi connectivity index (χ1) is 9.02. The van der Waals surface area contributed by atoms with Gasteiger partial charge in [0.2, 0.25) is 0 Å². The van der Waals surface area contributed by atoms with Crippen LogP contribution >= 0.6 is 27.5 Å². The van der Waals surface area contributed by atoms with Gasteiger partial charge < -0.3 is 4.74 Å². The third-order valence-corrected chi connectivity index (χ3v) is 3.72. The molecule has 0 saturated heterocycles. The predicted octanol–water partition coefficient (Wildman–Crippen LogP) is 4.65. The number of ketones is 1. The Labute approximate surface area is 125 Å². The first kappa shape index (κ1) is 14.1. The molecule has 0 amide bonds. The van der Waals surface area contributed by atoms with Gasteiger partial charge in [0, 0.05) is 11.1 Å². The summed E-state index contributed by atoms with van der Waals surface area (Å²) < 4.78 is 5.88. The highest BCUT2D eigenvalue weighted by molar-refractivity contribution is 9.10. The summed E-state index contributed by atoms with van der Waals surface area (Å²) in [5.41, 5.74) is 2.10. The number of rotatable bonds is 3. The summed E-state index contributed by atoms with van der Waals surface area (Å²) in [4.78, 5) is 12.4. The van der Waals surface area contributed by atoms with Gasteiger partial charge in [-0.3, -0.25) is 4.79 Å². The van der Waals surface area contributed by atoms with Gasteiger partial charge in [0.25, 0.3) is 0 Å². The van der Waals surface area contributed by atoms with E-state index < -0.39 is 0 Å². The lowest BCUT2D eigenvalue weighted by atomic mass is 10.0. The van der Waals surface area contributed by atoms with E-state index in [-0.39, 0.29) is 5.78 Å². The molecule has 0 bridgehead atoms. The van der Waals surface area contributed by atoms with Crippen molar-refractivity contribution >= 4 is 33.3 Å². The minimum Gasteiger partial charge on any atom is -0.496 e. The van der Waals surface area contributed by atoms with E-state index in [1.54, 1.807) is 37.4 Å². The molecule has 0 radical (unpaired) electrons. The van der Waals surface area contributed by atoms with Gasteiger partial charge in [-0.1, -0.05) is 17.7 Å². The van der Waals surface area contributed by atoms with Crippen LogP contribution in [0.2, 0.25) is 5.02 Å². The van der Waals surface area contributed by atoms with Crippen LogP contribution in [0, 0.1) is 6.92 Å². The summed E-state index contributed by atoms with van der Waals surface area (Å²) in [6.45, 7) is 1.93. The van der Waals surface area contributed by atoms with E-state index in [4.69, 9.17) is 16.3 Å². The number of carbonyl (C=O) groups is 1. The summed E-state index contributed by atoms with van der Waals surface area (Å²) in [5.74, 6) is 0.583. The molecule has 0 aromatic heterocycles. The predicted molar refractivity (Wildman–Crippen MR) is 80.3 cm³/mol. The third kappa shape index (κ3) is 2.99. The van der Waals surface area contributed by atoms with Crippen molar-refractivity contribution in [2.24, 2.45) is 0 Å². The van der Waals surface area contributed by atoms with Crippen LogP contribution in [0.5, 0.6) is 5.75 Å². The van der Waals surface area contributed by atoms with Gasteiger partial charge in [-0.25, -0.2) is 0 Å². The number of carbonyl (C=O) groups excluding carboxylic acids is 1. The van der Waals surface area contributed by atoms with Gasteiger partial charge in [-0.15, -0.1) is 0 Å². The van der Waals surface area contributed by atoms with Gasteiger partial charge in [0.15, 0.2) is 5.78 Å². The zero-order chi connectivity index (χ0) is 14.0. The second kappa shape index (κ2) is 5.76. The Kier molecular flexibility index (Phi) is 4.27. The number of benzene rings is 2. The van der Waals surface area contributed by atoms with Gasteiger partial charge in [0.1, 0.15) is 5.75 Å². The number of ether oxygens (including phenoxy) is 1. The van der Waals surface area contributed by atoms with Crippen molar-refractivity contribution in [3.63, 3.8) is 0 Å². The SMILES string of the molecule is COc1ccc(C(=O)c2ccc(C)cc2Cl)cc1Br. The Morgan fingerprint density at radius 1 is 1.21 bits per heavy atom. The van der Waals surface area contributed by atoms with Crippen molar-refractivity contribution in [2.45, 2.75) is 6.92 Å². The molecule has 4 heteroatoms. The van der Waals surface area contributed by atoms with E-state index in [9.17, 15) is 4.79 Å². The lowest BCUT2D eigenvalue weighted by molar-refractivity contribution is 0.103. The molecule has 98 valence electrons. The largest absolute Gasteiger partial charge is 0.496 e. The normalized spacial score (nSPS) is 10.3. The number of hydrogen-bond donors (Lipinski definition) is 0. The molecule has 0 aliphatic rings. The van der Waals surface area contributed by atoms with Crippen molar-refractivity contribution in [3.8, 4) is 5.75 Å². The Balaban J connectivity index is 2.41. The molecular weight excluding hydrogens is 328 g/mol. The number of halogens is 2. The Hall–Kier alpha value is -1.32. The van der Waals surface area contributed by atoms with Crippen LogP contribution in [0.25, 0.3) is 0 Å². The molecule has 0 N–H and O–H groups in total. The van der Waals surface area contributed by atoms with Crippen molar-refractivity contribution < 1.29 is 9.53 Å². The van der Waals surface area contributed by atoms with Crippen molar-refractivity contribution in [2.75, 3.05) is 7.11 Å². The maximum absolute atomic E-state index is 12.4. The fourth-order valence-electron chi connectivity index (χ4n) is 1.77. The van der Waals surface area contributed by atoms with Gasteiger partial charge in [-0.2, -0.15) is 0 Å². The summed E-state index contributed by atoms with van der Waals surface area (Å²) >= 11 is 9.48. The third-order valence-electron chi connectivity index (χ3n) is 2.78. The number of methoxy groups -OCH3 is 1.